The number of carbonyl (C=O) groups is 1. The zero-order chi connectivity index (χ0) is 19.0. The van der Waals surface area contributed by atoms with Crippen molar-refractivity contribution in [3.63, 3.8) is 0 Å². The number of amides is 1. The molecule has 0 aromatic heterocycles. The second-order valence-electron chi connectivity index (χ2n) is 5.63. The molecule has 140 valence electrons. The van der Waals surface area contributed by atoms with Crippen molar-refractivity contribution in [1.82, 2.24) is 10.0 Å². The molecule has 0 radical (unpaired) electrons. The summed E-state index contributed by atoms with van der Waals surface area (Å²) in [5, 5.41) is 2.49. The molecule has 2 aromatic rings. The number of hydrogen-bond acceptors (Lipinski definition) is 4. The monoisotopic (exact) mass is 380 g/mol. The third-order valence-corrected chi connectivity index (χ3v) is 4.81. The number of sulfonamides is 1. The third-order valence-electron chi connectivity index (χ3n) is 3.49. The van der Waals surface area contributed by atoms with E-state index in [1.54, 1.807) is 0 Å². The average Bonchev–Trinajstić information content (AvgIpc) is 2.61. The summed E-state index contributed by atoms with van der Waals surface area (Å²) in [5.41, 5.74) is 0.845. The van der Waals surface area contributed by atoms with Gasteiger partial charge in [0.1, 0.15) is 11.6 Å². The first-order chi connectivity index (χ1) is 12.4. The smallest absolute Gasteiger partial charge is 0.260 e. The maximum Gasteiger partial charge on any atom is 0.260 e. The first-order valence-corrected chi connectivity index (χ1v) is 9.72. The van der Waals surface area contributed by atoms with Gasteiger partial charge in [-0.05, 0) is 24.6 Å². The van der Waals surface area contributed by atoms with Crippen LogP contribution in [-0.4, -0.2) is 32.7 Å². The summed E-state index contributed by atoms with van der Waals surface area (Å²) in [7, 11) is -3.52. The molecule has 0 aliphatic rings. The molecule has 2 aromatic carbocycles. The molecular weight excluding hydrogens is 359 g/mol. The van der Waals surface area contributed by atoms with Crippen molar-refractivity contribution >= 4 is 15.9 Å². The first kappa shape index (κ1) is 19.9. The normalized spacial score (nSPS) is 12.4. The van der Waals surface area contributed by atoms with E-state index in [4.69, 9.17) is 4.74 Å². The van der Waals surface area contributed by atoms with Gasteiger partial charge in [0, 0.05) is 19.2 Å². The highest BCUT2D eigenvalue weighted by Gasteiger charge is 2.16. The molecule has 0 fully saturated rings. The number of halogens is 1. The Morgan fingerprint density at radius 3 is 2.58 bits per heavy atom. The van der Waals surface area contributed by atoms with E-state index < -0.39 is 27.9 Å². The Bertz CT molecular complexity index is 828. The summed E-state index contributed by atoms with van der Waals surface area (Å²) >= 11 is 0. The fourth-order valence-corrected chi connectivity index (χ4v) is 3.01. The first-order valence-electron chi connectivity index (χ1n) is 8.07. The van der Waals surface area contributed by atoms with Crippen LogP contribution in [0.4, 0.5) is 4.39 Å². The summed E-state index contributed by atoms with van der Waals surface area (Å²) in [4.78, 5) is 12.0. The van der Waals surface area contributed by atoms with Crippen molar-refractivity contribution in [1.29, 1.82) is 0 Å². The van der Waals surface area contributed by atoms with Crippen LogP contribution in [0.2, 0.25) is 0 Å². The van der Waals surface area contributed by atoms with Crippen LogP contribution in [0.5, 0.6) is 5.75 Å². The second kappa shape index (κ2) is 9.30. The fourth-order valence-electron chi connectivity index (χ4n) is 2.11. The standard InChI is InChI=1S/C18H21FN2O4S/c1-14(25-17-9-5-8-16(19)12-17)18(22)20-10-11-26(23,24)21-13-15-6-3-2-4-7-15/h2-9,12,14,21H,10-11,13H2,1H3,(H,20,22). The molecule has 2 N–H and O–H groups in total. The van der Waals surface area contributed by atoms with Gasteiger partial charge in [0.15, 0.2) is 6.10 Å². The Balaban J connectivity index is 1.74. The predicted molar refractivity (Wildman–Crippen MR) is 96.6 cm³/mol. The van der Waals surface area contributed by atoms with E-state index in [0.29, 0.717) is 0 Å². The van der Waals surface area contributed by atoms with Crippen molar-refractivity contribution in [2.24, 2.45) is 0 Å². The topological polar surface area (TPSA) is 84.5 Å². The molecule has 1 atom stereocenters. The predicted octanol–water partition coefficient (Wildman–Crippen LogP) is 1.83. The van der Waals surface area contributed by atoms with Crippen LogP contribution in [0.25, 0.3) is 0 Å². The quantitative estimate of drug-likeness (QED) is 0.695. The van der Waals surface area contributed by atoms with Crippen molar-refractivity contribution in [2.45, 2.75) is 19.6 Å². The van der Waals surface area contributed by atoms with Gasteiger partial charge in [-0.15, -0.1) is 0 Å². The highest BCUT2D eigenvalue weighted by molar-refractivity contribution is 7.89. The van der Waals surface area contributed by atoms with E-state index in [-0.39, 0.29) is 24.6 Å². The van der Waals surface area contributed by atoms with Gasteiger partial charge in [0.2, 0.25) is 10.0 Å². The van der Waals surface area contributed by atoms with E-state index in [1.807, 2.05) is 30.3 Å². The highest BCUT2D eigenvalue weighted by atomic mass is 32.2. The van der Waals surface area contributed by atoms with Crippen molar-refractivity contribution in [3.8, 4) is 5.75 Å². The lowest BCUT2D eigenvalue weighted by Crippen LogP contribution is -2.40. The summed E-state index contributed by atoms with van der Waals surface area (Å²) in [5.74, 6) is -0.971. The molecule has 0 spiro atoms. The largest absolute Gasteiger partial charge is 0.481 e. The SMILES string of the molecule is CC(Oc1cccc(F)c1)C(=O)NCCS(=O)(=O)NCc1ccccc1. The van der Waals surface area contributed by atoms with E-state index >= 15 is 0 Å². The lowest BCUT2D eigenvalue weighted by atomic mass is 10.2. The van der Waals surface area contributed by atoms with E-state index in [2.05, 4.69) is 10.0 Å². The lowest BCUT2D eigenvalue weighted by molar-refractivity contribution is -0.127. The molecule has 0 bridgehead atoms. The zero-order valence-corrected chi connectivity index (χ0v) is 15.1. The number of ether oxygens (including phenoxy) is 1. The molecule has 0 aliphatic carbocycles. The zero-order valence-electron chi connectivity index (χ0n) is 14.3. The van der Waals surface area contributed by atoms with Crippen LogP contribution >= 0.6 is 0 Å². The van der Waals surface area contributed by atoms with Gasteiger partial charge < -0.3 is 10.1 Å². The Morgan fingerprint density at radius 2 is 1.88 bits per heavy atom. The summed E-state index contributed by atoms with van der Waals surface area (Å²) in [6, 6.07) is 14.6. The Hall–Kier alpha value is -2.45. The molecule has 1 unspecified atom stereocenters. The minimum absolute atomic E-state index is 0.0557. The van der Waals surface area contributed by atoms with Crippen molar-refractivity contribution in [3.05, 3.63) is 66.0 Å². The lowest BCUT2D eigenvalue weighted by Gasteiger charge is -2.15. The van der Waals surface area contributed by atoms with Gasteiger partial charge in [-0.25, -0.2) is 17.5 Å². The summed E-state index contributed by atoms with van der Waals surface area (Å²) in [6.45, 7) is 1.64. The molecule has 0 aliphatic heterocycles. The number of hydrogen-bond donors (Lipinski definition) is 2. The van der Waals surface area contributed by atoms with Crippen LogP contribution in [0, 0.1) is 5.82 Å². The van der Waals surface area contributed by atoms with Gasteiger partial charge in [-0.2, -0.15) is 0 Å². The molecule has 8 heteroatoms. The van der Waals surface area contributed by atoms with Crippen molar-refractivity contribution in [2.75, 3.05) is 12.3 Å². The minimum atomic E-state index is -3.52. The van der Waals surface area contributed by atoms with Gasteiger partial charge >= 0.3 is 0 Å². The number of carbonyl (C=O) groups excluding carboxylic acids is 1. The van der Waals surface area contributed by atoms with Crippen LogP contribution < -0.4 is 14.8 Å². The fraction of sp³-hybridized carbons (Fsp3) is 0.278. The van der Waals surface area contributed by atoms with Gasteiger partial charge in [-0.3, -0.25) is 4.79 Å². The van der Waals surface area contributed by atoms with Gasteiger partial charge in [-0.1, -0.05) is 36.4 Å². The molecule has 1 amide bonds. The van der Waals surface area contributed by atoms with Crippen LogP contribution in [0.1, 0.15) is 12.5 Å². The van der Waals surface area contributed by atoms with E-state index in [0.717, 1.165) is 5.56 Å². The molecule has 0 saturated heterocycles. The molecule has 0 saturated carbocycles. The summed E-state index contributed by atoms with van der Waals surface area (Å²) in [6.07, 6.45) is -0.878. The van der Waals surface area contributed by atoms with Crippen LogP contribution in [0.3, 0.4) is 0 Å². The van der Waals surface area contributed by atoms with Crippen LogP contribution in [0.15, 0.2) is 54.6 Å². The van der Waals surface area contributed by atoms with E-state index in [9.17, 15) is 17.6 Å². The average molecular weight is 380 g/mol. The number of nitrogens with one attached hydrogen (secondary N) is 2. The second-order valence-corrected chi connectivity index (χ2v) is 7.56. The molecule has 0 heterocycles. The molecule has 26 heavy (non-hydrogen) atoms. The summed E-state index contributed by atoms with van der Waals surface area (Å²) < 4.78 is 44.8. The van der Waals surface area contributed by atoms with Crippen molar-refractivity contribution < 1.29 is 22.3 Å². The minimum Gasteiger partial charge on any atom is -0.481 e. The highest BCUT2D eigenvalue weighted by Crippen LogP contribution is 2.13. The van der Waals surface area contributed by atoms with Crippen LogP contribution in [-0.2, 0) is 21.4 Å². The number of benzene rings is 2. The third kappa shape index (κ3) is 6.81. The van der Waals surface area contributed by atoms with Gasteiger partial charge in [0.25, 0.3) is 5.91 Å². The molecule has 6 nitrogen and oxygen atoms in total. The van der Waals surface area contributed by atoms with E-state index in [1.165, 1.54) is 31.2 Å². The molecule has 2 rings (SSSR count). The maximum absolute atomic E-state index is 13.1. The maximum atomic E-state index is 13.1. The van der Waals surface area contributed by atoms with Gasteiger partial charge in [0.05, 0.1) is 5.75 Å². The number of rotatable bonds is 9. The Labute approximate surface area is 152 Å². The Morgan fingerprint density at radius 1 is 1.15 bits per heavy atom. The molecular formula is C18H21FN2O4S. The Kier molecular flexibility index (Phi) is 7.11.